The number of carbonyl (C=O) groups excluding carboxylic acids is 1. The first kappa shape index (κ1) is 15.2. The Hall–Kier alpha value is -0.870. The van der Waals surface area contributed by atoms with Crippen LogP contribution in [0, 0.1) is 5.92 Å². The zero-order valence-corrected chi connectivity index (χ0v) is 12.5. The molecule has 1 rings (SSSR count). The third-order valence-corrected chi connectivity index (χ3v) is 3.54. The van der Waals surface area contributed by atoms with E-state index >= 15 is 0 Å². The minimum Gasteiger partial charge on any atom is -0.350 e. The third-order valence-electron chi connectivity index (χ3n) is 3.01. The molecule has 1 unspecified atom stereocenters. The van der Waals surface area contributed by atoms with Gasteiger partial charge in [-0.15, -0.1) is 0 Å². The van der Waals surface area contributed by atoms with Crippen molar-refractivity contribution in [2.24, 2.45) is 11.7 Å². The van der Waals surface area contributed by atoms with E-state index in [0.29, 0.717) is 18.9 Å². The molecule has 3 N–H and O–H groups in total. The molecule has 1 aromatic carbocycles. The standard InChI is InChI=1S/C14H21BrN2O/c1-10(9-16)3-8-14(18)17-11(2)12-4-6-13(15)7-5-12/h4-7,10-11H,3,8-9,16H2,1-2H3,(H,17,18)/t10?,11-/m1/s1. The van der Waals surface area contributed by atoms with Gasteiger partial charge in [-0.1, -0.05) is 35.0 Å². The highest BCUT2D eigenvalue weighted by molar-refractivity contribution is 9.10. The molecule has 0 saturated heterocycles. The Labute approximate surface area is 117 Å². The molecule has 0 saturated carbocycles. The molecular formula is C14H21BrN2O. The second-order valence-corrected chi connectivity index (χ2v) is 5.64. The van der Waals surface area contributed by atoms with Crippen molar-refractivity contribution in [1.29, 1.82) is 0 Å². The highest BCUT2D eigenvalue weighted by Crippen LogP contribution is 2.16. The molecule has 0 spiro atoms. The Morgan fingerprint density at radius 1 is 1.33 bits per heavy atom. The molecule has 1 aromatic rings. The predicted octanol–water partition coefficient (Wildman–Crippen LogP) is 3.00. The molecule has 0 radical (unpaired) electrons. The Bertz CT molecular complexity index is 378. The first-order valence-electron chi connectivity index (χ1n) is 6.27. The van der Waals surface area contributed by atoms with Gasteiger partial charge in [-0.2, -0.15) is 0 Å². The third kappa shape index (κ3) is 5.19. The summed E-state index contributed by atoms with van der Waals surface area (Å²) >= 11 is 3.39. The van der Waals surface area contributed by atoms with Crippen molar-refractivity contribution in [2.75, 3.05) is 6.54 Å². The number of nitrogens with two attached hydrogens (primary N) is 1. The maximum absolute atomic E-state index is 11.8. The minimum atomic E-state index is 0.0405. The smallest absolute Gasteiger partial charge is 0.220 e. The topological polar surface area (TPSA) is 55.1 Å². The van der Waals surface area contributed by atoms with E-state index in [1.165, 1.54) is 0 Å². The van der Waals surface area contributed by atoms with Gasteiger partial charge < -0.3 is 11.1 Å². The van der Waals surface area contributed by atoms with Crippen molar-refractivity contribution in [3.63, 3.8) is 0 Å². The molecule has 0 aliphatic heterocycles. The van der Waals surface area contributed by atoms with Gasteiger partial charge in [0, 0.05) is 10.9 Å². The van der Waals surface area contributed by atoms with Crippen LogP contribution in [-0.2, 0) is 4.79 Å². The molecule has 0 fully saturated rings. The highest BCUT2D eigenvalue weighted by Gasteiger charge is 2.10. The average molecular weight is 313 g/mol. The molecule has 0 aliphatic rings. The molecule has 1 amide bonds. The van der Waals surface area contributed by atoms with E-state index in [2.05, 4.69) is 28.2 Å². The summed E-state index contributed by atoms with van der Waals surface area (Å²) in [6, 6.07) is 8.02. The summed E-state index contributed by atoms with van der Waals surface area (Å²) in [6.45, 7) is 4.69. The van der Waals surface area contributed by atoms with Crippen LogP contribution in [0.1, 0.15) is 38.3 Å². The number of halogens is 1. The predicted molar refractivity (Wildman–Crippen MR) is 78.2 cm³/mol. The van der Waals surface area contributed by atoms with E-state index in [-0.39, 0.29) is 11.9 Å². The van der Waals surface area contributed by atoms with Crippen molar-refractivity contribution in [3.05, 3.63) is 34.3 Å². The van der Waals surface area contributed by atoms with Crippen molar-refractivity contribution < 1.29 is 4.79 Å². The van der Waals surface area contributed by atoms with Crippen LogP contribution in [0.2, 0.25) is 0 Å². The summed E-state index contributed by atoms with van der Waals surface area (Å²) in [7, 11) is 0. The lowest BCUT2D eigenvalue weighted by Crippen LogP contribution is -2.27. The molecule has 0 aromatic heterocycles. The van der Waals surface area contributed by atoms with Gasteiger partial charge in [0.05, 0.1) is 6.04 Å². The average Bonchev–Trinajstić information content (AvgIpc) is 2.36. The molecule has 4 heteroatoms. The molecule has 3 nitrogen and oxygen atoms in total. The van der Waals surface area contributed by atoms with Crippen LogP contribution in [0.4, 0.5) is 0 Å². The number of benzene rings is 1. The lowest BCUT2D eigenvalue weighted by atomic mass is 10.0. The summed E-state index contributed by atoms with van der Waals surface area (Å²) in [5, 5.41) is 3.00. The first-order chi connectivity index (χ1) is 8.52. The Balaban J connectivity index is 2.42. The molecule has 0 heterocycles. The van der Waals surface area contributed by atoms with Gasteiger partial charge in [-0.25, -0.2) is 0 Å². The van der Waals surface area contributed by atoms with Crippen LogP contribution in [0.5, 0.6) is 0 Å². The van der Waals surface area contributed by atoms with Crippen LogP contribution < -0.4 is 11.1 Å². The zero-order chi connectivity index (χ0) is 13.5. The summed E-state index contributed by atoms with van der Waals surface area (Å²) in [5.74, 6) is 0.490. The summed E-state index contributed by atoms with van der Waals surface area (Å²) in [6.07, 6.45) is 1.38. The van der Waals surface area contributed by atoms with E-state index in [4.69, 9.17) is 5.73 Å². The molecule has 100 valence electrons. The number of carbonyl (C=O) groups is 1. The molecular weight excluding hydrogens is 292 g/mol. The molecule has 18 heavy (non-hydrogen) atoms. The summed E-state index contributed by atoms with van der Waals surface area (Å²) in [4.78, 5) is 11.8. The monoisotopic (exact) mass is 312 g/mol. The van der Waals surface area contributed by atoms with E-state index in [9.17, 15) is 4.79 Å². The SMILES string of the molecule is CC(CN)CCC(=O)N[C@H](C)c1ccc(Br)cc1. The van der Waals surface area contributed by atoms with Gasteiger partial charge in [0.25, 0.3) is 0 Å². The van der Waals surface area contributed by atoms with Crippen molar-refractivity contribution in [2.45, 2.75) is 32.7 Å². The fraction of sp³-hybridized carbons (Fsp3) is 0.500. The largest absolute Gasteiger partial charge is 0.350 e. The van der Waals surface area contributed by atoms with Crippen LogP contribution in [0.3, 0.4) is 0 Å². The van der Waals surface area contributed by atoms with Crippen LogP contribution >= 0.6 is 15.9 Å². The van der Waals surface area contributed by atoms with E-state index < -0.39 is 0 Å². The second-order valence-electron chi connectivity index (χ2n) is 4.72. The van der Waals surface area contributed by atoms with Crippen LogP contribution in [0.25, 0.3) is 0 Å². The number of hydrogen-bond donors (Lipinski definition) is 2. The van der Waals surface area contributed by atoms with Gasteiger partial charge in [0.15, 0.2) is 0 Å². The normalized spacial score (nSPS) is 14.0. The molecule has 2 atom stereocenters. The molecule has 0 bridgehead atoms. The number of hydrogen-bond acceptors (Lipinski definition) is 2. The number of nitrogens with one attached hydrogen (secondary N) is 1. The zero-order valence-electron chi connectivity index (χ0n) is 10.9. The highest BCUT2D eigenvalue weighted by atomic mass is 79.9. The second kappa shape index (κ2) is 7.54. The Morgan fingerprint density at radius 3 is 2.50 bits per heavy atom. The first-order valence-corrected chi connectivity index (χ1v) is 7.07. The van der Waals surface area contributed by atoms with Gasteiger partial charge in [-0.3, -0.25) is 4.79 Å². The number of amides is 1. The van der Waals surface area contributed by atoms with Gasteiger partial charge >= 0.3 is 0 Å². The van der Waals surface area contributed by atoms with E-state index in [1.807, 2.05) is 31.2 Å². The Kier molecular flexibility index (Phi) is 6.36. The van der Waals surface area contributed by atoms with E-state index in [1.54, 1.807) is 0 Å². The summed E-state index contributed by atoms with van der Waals surface area (Å²) in [5.41, 5.74) is 6.64. The quantitative estimate of drug-likeness (QED) is 0.848. The van der Waals surface area contributed by atoms with E-state index in [0.717, 1.165) is 16.5 Å². The van der Waals surface area contributed by atoms with Gasteiger partial charge in [0.1, 0.15) is 0 Å². The Morgan fingerprint density at radius 2 is 1.94 bits per heavy atom. The minimum absolute atomic E-state index is 0.0405. The van der Waals surface area contributed by atoms with Crippen LogP contribution in [-0.4, -0.2) is 12.5 Å². The maximum atomic E-state index is 11.8. The van der Waals surface area contributed by atoms with Crippen molar-refractivity contribution >= 4 is 21.8 Å². The van der Waals surface area contributed by atoms with Crippen molar-refractivity contribution in [3.8, 4) is 0 Å². The lowest BCUT2D eigenvalue weighted by Gasteiger charge is -2.15. The van der Waals surface area contributed by atoms with Crippen molar-refractivity contribution in [1.82, 2.24) is 5.32 Å². The lowest BCUT2D eigenvalue weighted by molar-refractivity contribution is -0.122. The maximum Gasteiger partial charge on any atom is 0.220 e. The van der Waals surface area contributed by atoms with Gasteiger partial charge in [-0.05, 0) is 43.5 Å². The fourth-order valence-electron chi connectivity index (χ4n) is 1.64. The number of rotatable bonds is 6. The fourth-order valence-corrected chi connectivity index (χ4v) is 1.91. The van der Waals surface area contributed by atoms with Crippen LogP contribution in [0.15, 0.2) is 28.7 Å². The molecule has 0 aliphatic carbocycles. The van der Waals surface area contributed by atoms with Gasteiger partial charge in [0.2, 0.25) is 5.91 Å². The summed E-state index contributed by atoms with van der Waals surface area (Å²) < 4.78 is 1.04.